The van der Waals surface area contributed by atoms with Crippen molar-refractivity contribution in [3.63, 3.8) is 0 Å². The summed E-state index contributed by atoms with van der Waals surface area (Å²) in [6, 6.07) is 4.78. The van der Waals surface area contributed by atoms with Gasteiger partial charge in [0.15, 0.2) is 0 Å². The Morgan fingerprint density at radius 1 is 1.39 bits per heavy atom. The molecule has 1 fully saturated rings. The van der Waals surface area contributed by atoms with Gasteiger partial charge in [0, 0.05) is 24.8 Å². The molecule has 1 aliphatic rings. The van der Waals surface area contributed by atoms with E-state index in [1.807, 2.05) is 19.2 Å². The second-order valence-corrected chi connectivity index (χ2v) is 5.95. The molecule has 4 atom stereocenters. The standard InChI is InChI=1S/C15H25N3/c1-10-7-11(2)13(4)18(9-10)15-8-14(12(3)16)5-6-17-15/h5-6,8,10-13H,7,9,16H2,1-4H3. The highest BCUT2D eigenvalue weighted by atomic mass is 15.2. The van der Waals surface area contributed by atoms with Gasteiger partial charge in [-0.2, -0.15) is 0 Å². The van der Waals surface area contributed by atoms with Crippen LogP contribution < -0.4 is 10.6 Å². The molecule has 0 aliphatic carbocycles. The lowest BCUT2D eigenvalue weighted by molar-refractivity contribution is 0.295. The maximum absolute atomic E-state index is 5.96. The van der Waals surface area contributed by atoms with Crippen LogP contribution in [0.5, 0.6) is 0 Å². The van der Waals surface area contributed by atoms with Crippen LogP contribution in [-0.4, -0.2) is 17.6 Å². The van der Waals surface area contributed by atoms with Gasteiger partial charge in [-0.25, -0.2) is 4.98 Å². The Morgan fingerprint density at radius 2 is 2.11 bits per heavy atom. The van der Waals surface area contributed by atoms with Crippen molar-refractivity contribution >= 4 is 5.82 Å². The van der Waals surface area contributed by atoms with E-state index in [2.05, 4.69) is 36.7 Å². The molecule has 1 saturated heterocycles. The molecule has 0 spiro atoms. The van der Waals surface area contributed by atoms with Crippen LogP contribution in [0.25, 0.3) is 0 Å². The predicted octanol–water partition coefficient (Wildman–Crippen LogP) is 2.97. The second-order valence-electron chi connectivity index (χ2n) is 5.95. The zero-order valence-corrected chi connectivity index (χ0v) is 11.9. The smallest absolute Gasteiger partial charge is 0.129 e. The molecule has 18 heavy (non-hydrogen) atoms. The average Bonchev–Trinajstić information content (AvgIpc) is 2.34. The van der Waals surface area contributed by atoms with Gasteiger partial charge in [0.05, 0.1) is 0 Å². The second kappa shape index (κ2) is 5.27. The van der Waals surface area contributed by atoms with E-state index < -0.39 is 0 Å². The summed E-state index contributed by atoms with van der Waals surface area (Å²) in [6.45, 7) is 10.1. The highest BCUT2D eigenvalue weighted by Crippen LogP contribution is 2.30. The van der Waals surface area contributed by atoms with E-state index in [4.69, 9.17) is 5.73 Å². The number of hydrogen-bond acceptors (Lipinski definition) is 3. The van der Waals surface area contributed by atoms with Crippen LogP contribution in [0.15, 0.2) is 18.3 Å². The van der Waals surface area contributed by atoms with E-state index in [1.165, 1.54) is 6.42 Å². The Hall–Kier alpha value is -1.09. The highest BCUT2D eigenvalue weighted by molar-refractivity contribution is 5.43. The molecule has 100 valence electrons. The van der Waals surface area contributed by atoms with Crippen molar-refractivity contribution in [1.29, 1.82) is 0 Å². The number of piperidine rings is 1. The minimum Gasteiger partial charge on any atom is -0.353 e. The van der Waals surface area contributed by atoms with Crippen LogP contribution in [0.4, 0.5) is 5.82 Å². The first kappa shape index (κ1) is 13.3. The van der Waals surface area contributed by atoms with Crippen LogP contribution in [0, 0.1) is 11.8 Å². The number of aromatic nitrogens is 1. The molecule has 2 N–H and O–H groups in total. The molecule has 0 radical (unpaired) electrons. The van der Waals surface area contributed by atoms with Gasteiger partial charge < -0.3 is 10.6 Å². The van der Waals surface area contributed by atoms with Crippen molar-refractivity contribution in [2.75, 3.05) is 11.4 Å². The third-order valence-corrected chi connectivity index (χ3v) is 4.19. The molecule has 3 nitrogen and oxygen atoms in total. The van der Waals surface area contributed by atoms with Gasteiger partial charge >= 0.3 is 0 Å². The van der Waals surface area contributed by atoms with E-state index in [-0.39, 0.29) is 6.04 Å². The van der Waals surface area contributed by atoms with E-state index >= 15 is 0 Å². The van der Waals surface area contributed by atoms with Crippen molar-refractivity contribution in [1.82, 2.24) is 4.98 Å². The lowest BCUT2D eigenvalue weighted by atomic mass is 9.86. The zero-order valence-electron chi connectivity index (χ0n) is 11.9. The van der Waals surface area contributed by atoms with Crippen LogP contribution in [0.2, 0.25) is 0 Å². The first-order valence-corrected chi connectivity index (χ1v) is 6.97. The van der Waals surface area contributed by atoms with Crippen LogP contribution in [-0.2, 0) is 0 Å². The quantitative estimate of drug-likeness (QED) is 0.873. The number of rotatable bonds is 2. The van der Waals surface area contributed by atoms with E-state index in [0.29, 0.717) is 6.04 Å². The van der Waals surface area contributed by atoms with Gasteiger partial charge in [-0.3, -0.25) is 0 Å². The molecule has 1 aromatic rings. The van der Waals surface area contributed by atoms with Gasteiger partial charge in [-0.1, -0.05) is 13.8 Å². The van der Waals surface area contributed by atoms with Crippen LogP contribution in [0.3, 0.4) is 0 Å². The van der Waals surface area contributed by atoms with Crippen molar-refractivity contribution < 1.29 is 0 Å². The molecule has 0 bridgehead atoms. The summed E-state index contributed by atoms with van der Waals surface area (Å²) in [7, 11) is 0. The normalized spacial score (nSPS) is 30.3. The molecular weight excluding hydrogens is 222 g/mol. The Morgan fingerprint density at radius 3 is 2.78 bits per heavy atom. The number of nitrogens with zero attached hydrogens (tertiary/aromatic N) is 2. The fourth-order valence-electron chi connectivity index (χ4n) is 2.89. The van der Waals surface area contributed by atoms with E-state index in [1.54, 1.807) is 0 Å². The minimum absolute atomic E-state index is 0.0710. The fourth-order valence-corrected chi connectivity index (χ4v) is 2.89. The highest BCUT2D eigenvalue weighted by Gasteiger charge is 2.29. The molecule has 1 aromatic heterocycles. The Balaban J connectivity index is 2.26. The minimum atomic E-state index is 0.0710. The van der Waals surface area contributed by atoms with Crippen molar-refractivity contribution in [3.05, 3.63) is 23.9 Å². The first-order valence-electron chi connectivity index (χ1n) is 6.97. The van der Waals surface area contributed by atoms with Crippen LogP contribution >= 0.6 is 0 Å². The molecular formula is C15H25N3. The summed E-state index contributed by atoms with van der Waals surface area (Å²) in [5, 5.41) is 0. The Labute approximate surface area is 110 Å². The van der Waals surface area contributed by atoms with Gasteiger partial charge in [0.1, 0.15) is 5.82 Å². The summed E-state index contributed by atoms with van der Waals surface area (Å²) in [5.41, 5.74) is 7.12. The summed E-state index contributed by atoms with van der Waals surface area (Å²) in [6.07, 6.45) is 3.19. The fraction of sp³-hybridized carbons (Fsp3) is 0.667. The monoisotopic (exact) mass is 247 g/mol. The molecule has 0 aromatic carbocycles. The Kier molecular flexibility index (Phi) is 3.91. The lowest BCUT2D eigenvalue weighted by Gasteiger charge is -2.42. The largest absolute Gasteiger partial charge is 0.353 e. The molecule has 0 amide bonds. The number of hydrogen-bond donors (Lipinski definition) is 1. The van der Waals surface area contributed by atoms with Crippen molar-refractivity contribution in [2.24, 2.45) is 17.6 Å². The third kappa shape index (κ3) is 2.66. The van der Waals surface area contributed by atoms with Crippen molar-refractivity contribution in [2.45, 2.75) is 46.2 Å². The summed E-state index contributed by atoms with van der Waals surface area (Å²) < 4.78 is 0. The maximum atomic E-state index is 5.96. The number of pyridine rings is 1. The van der Waals surface area contributed by atoms with E-state index in [9.17, 15) is 0 Å². The molecule has 2 heterocycles. The maximum Gasteiger partial charge on any atom is 0.129 e. The van der Waals surface area contributed by atoms with Crippen molar-refractivity contribution in [3.8, 4) is 0 Å². The third-order valence-electron chi connectivity index (χ3n) is 4.19. The summed E-state index contributed by atoms with van der Waals surface area (Å²) >= 11 is 0. The molecule has 1 aliphatic heterocycles. The van der Waals surface area contributed by atoms with E-state index in [0.717, 1.165) is 29.8 Å². The molecule has 3 heteroatoms. The molecule has 2 rings (SSSR count). The lowest BCUT2D eigenvalue weighted by Crippen LogP contribution is -2.46. The van der Waals surface area contributed by atoms with Gasteiger partial charge in [0.25, 0.3) is 0 Å². The summed E-state index contributed by atoms with van der Waals surface area (Å²) in [4.78, 5) is 6.97. The summed E-state index contributed by atoms with van der Waals surface area (Å²) in [5.74, 6) is 2.53. The van der Waals surface area contributed by atoms with Gasteiger partial charge in [-0.15, -0.1) is 0 Å². The van der Waals surface area contributed by atoms with Crippen LogP contribution in [0.1, 0.15) is 45.7 Å². The van der Waals surface area contributed by atoms with Gasteiger partial charge in [-0.05, 0) is 49.8 Å². The SMILES string of the molecule is CC1CC(C)C(C)N(c2cc(C(C)N)ccn2)C1. The first-order chi connectivity index (χ1) is 8.49. The number of nitrogens with two attached hydrogens (primary N) is 1. The molecule has 0 saturated carbocycles. The number of anilines is 1. The zero-order chi connectivity index (χ0) is 13.3. The Bertz CT molecular complexity index is 402. The average molecular weight is 247 g/mol. The van der Waals surface area contributed by atoms with Gasteiger partial charge in [0.2, 0.25) is 0 Å². The molecule has 4 unspecified atom stereocenters. The predicted molar refractivity (Wildman–Crippen MR) is 76.6 cm³/mol. The topological polar surface area (TPSA) is 42.1 Å².